The molecule has 2 aromatic carbocycles. The van der Waals surface area contributed by atoms with Crippen molar-refractivity contribution in [3.8, 4) is 5.75 Å². The first-order valence-electron chi connectivity index (χ1n) is 6.85. The SMILES string of the molecule is Brc1cc(CNc2ncn[nH]2)ccc1OCc1ccccc1. The zero-order valence-corrected chi connectivity index (χ0v) is 13.4. The van der Waals surface area contributed by atoms with Crippen LogP contribution in [0.4, 0.5) is 5.95 Å². The predicted octanol–water partition coefficient (Wildman–Crippen LogP) is 3.76. The van der Waals surface area contributed by atoms with Gasteiger partial charge < -0.3 is 10.1 Å². The van der Waals surface area contributed by atoms with Gasteiger partial charge in [-0.25, -0.2) is 10.1 Å². The van der Waals surface area contributed by atoms with Gasteiger partial charge in [-0.2, -0.15) is 5.10 Å². The molecule has 1 aromatic heterocycles. The van der Waals surface area contributed by atoms with Crippen molar-refractivity contribution in [3.63, 3.8) is 0 Å². The maximum Gasteiger partial charge on any atom is 0.218 e. The monoisotopic (exact) mass is 358 g/mol. The molecule has 0 radical (unpaired) electrons. The van der Waals surface area contributed by atoms with Gasteiger partial charge in [-0.05, 0) is 39.2 Å². The number of hydrogen-bond acceptors (Lipinski definition) is 4. The third kappa shape index (κ3) is 3.85. The summed E-state index contributed by atoms with van der Waals surface area (Å²) in [5, 5.41) is 9.71. The Balaban J connectivity index is 1.59. The zero-order valence-electron chi connectivity index (χ0n) is 11.8. The molecular formula is C16H15BrN4O. The molecule has 0 bridgehead atoms. The number of benzene rings is 2. The zero-order chi connectivity index (χ0) is 15.2. The number of anilines is 1. The molecule has 0 spiro atoms. The molecule has 2 N–H and O–H groups in total. The third-order valence-electron chi connectivity index (χ3n) is 3.11. The maximum absolute atomic E-state index is 5.83. The van der Waals surface area contributed by atoms with Crippen LogP contribution in [0.15, 0.2) is 59.3 Å². The second-order valence-electron chi connectivity index (χ2n) is 4.73. The summed E-state index contributed by atoms with van der Waals surface area (Å²) in [7, 11) is 0. The van der Waals surface area contributed by atoms with Crippen LogP contribution in [-0.4, -0.2) is 15.2 Å². The van der Waals surface area contributed by atoms with Crippen molar-refractivity contribution < 1.29 is 4.74 Å². The van der Waals surface area contributed by atoms with Gasteiger partial charge >= 0.3 is 0 Å². The summed E-state index contributed by atoms with van der Waals surface area (Å²) in [6.07, 6.45) is 1.47. The van der Waals surface area contributed by atoms with Gasteiger partial charge in [0.2, 0.25) is 5.95 Å². The van der Waals surface area contributed by atoms with E-state index in [1.54, 1.807) is 0 Å². The minimum atomic E-state index is 0.551. The molecule has 1 heterocycles. The van der Waals surface area contributed by atoms with Gasteiger partial charge in [0.25, 0.3) is 0 Å². The fraction of sp³-hybridized carbons (Fsp3) is 0.125. The smallest absolute Gasteiger partial charge is 0.218 e. The lowest BCUT2D eigenvalue weighted by Gasteiger charge is -2.10. The minimum absolute atomic E-state index is 0.551. The molecule has 0 aliphatic rings. The summed E-state index contributed by atoms with van der Waals surface area (Å²) in [6.45, 7) is 1.21. The van der Waals surface area contributed by atoms with Crippen LogP contribution in [0.25, 0.3) is 0 Å². The van der Waals surface area contributed by atoms with E-state index in [9.17, 15) is 0 Å². The first-order chi connectivity index (χ1) is 10.8. The lowest BCUT2D eigenvalue weighted by molar-refractivity contribution is 0.304. The van der Waals surface area contributed by atoms with Crippen LogP contribution in [-0.2, 0) is 13.2 Å². The molecule has 22 heavy (non-hydrogen) atoms. The number of nitrogens with zero attached hydrogens (tertiary/aromatic N) is 2. The average molecular weight is 359 g/mol. The second-order valence-corrected chi connectivity index (χ2v) is 5.58. The van der Waals surface area contributed by atoms with E-state index in [1.807, 2.05) is 48.5 Å². The van der Waals surface area contributed by atoms with Crippen molar-refractivity contribution in [2.24, 2.45) is 0 Å². The van der Waals surface area contributed by atoms with Crippen molar-refractivity contribution >= 4 is 21.9 Å². The Hall–Kier alpha value is -2.34. The van der Waals surface area contributed by atoms with E-state index in [0.29, 0.717) is 19.1 Å². The Kier molecular flexibility index (Phi) is 4.70. The highest BCUT2D eigenvalue weighted by molar-refractivity contribution is 9.10. The molecule has 6 heteroatoms. The van der Waals surface area contributed by atoms with Gasteiger partial charge in [-0.15, -0.1) is 0 Å². The van der Waals surface area contributed by atoms with E-state index in [-0.39, 0.29) is 0 Å². The number of hydrogen-bond donors (Lipinski definition) is 2. The largest absolute Gasteiger partial charge is 0.488 e. The lowest BCUT2D eigenvalue weighted by atomic mass is 10.2. The van der Waals surface area contributed by atoms with Gasteiger partial charge in [0.1, 0.15) is 18.7 Å². The van der Waals surface area contributed by atoms with Gasteiger partial charge in [0.15, 0.2) is 0 Å². The van der Waals surface area contributed by atoms with Crippen molar-refractivity contribution in [1.29, 1.82) is 0 Å². The van der Waals surface area contributed by atoms with Crippen molar-refractivity contribution in [2.45, 2.75) is 13.2 Å². The summed E-state index contributed by atoms with van der Waals surface area (Å²) in [5.41, 5.74) is 2.26. The van der Waals surface area contributed by atoms with Crippen molar-refractivity contribution in [3.05, 3.63) is 70.5 Å². The molecule has 0 saturated carbocycles. The standard InChI is InChI=1S/C16H15BrN4O/c17-14-8-13(9-18-16-19-11-20-21-16)6-7-15(14)22-10-12-4-2-1-3-5-12/h1-8,11H,9-10H2,(H2,18,19,20,21). The van der Waals surface area contributed by atoms with Crippen LogP contribution in [0, 0.1) is 0 Å². The molecule has 0 fully saturated rings. The summed E-state index contributed by atoms with van der Waals surface area (Å²) in [6, 6.07) is 16.1. The lowest BCUT2D eigenvalue weighted by Crippen LogP contribution is -2.02. The van der Waals surface area contributed by atoms with Crippen molar-refractivity contribution in [1.82, 2.24) is 15.2 Å². The molecule has 0 aliphatic heterocycles. The number of nitrogens with one attached hydrogen (secondary N) is 2. The van der Waals surface area contributed by atoms with Crippen LogP contribution in [0.3, 0.4) is 0 Å². The first kappa shape index (κ1) is 14.6. The number of aromatic amines is 1. The van der Waals surface area contributed by atoms with Crippen LogP contribution in [0.2, 0.25) is 0 Å². The van der Waals surface area contributed by atoms with E-state index < -0.39 is 0 Å². The molecule has 0 saturated heterocycles. The summed E-state index contributed by atoms with van der Waals surface area (Å²) in [4.78, 5) is 4.02. The number of aromatic nitrogens is 3. The number of ether oxygens (including phenoxy) is 1. The van der Waals surface area contributed by atoms with E-state index in [1.165, 1.54) is 6.33 Å². The van der Waals surface area contributed by atoms with Crippen LogP contribution < -0.4 is 10.1 Å². The van der Waals surface area contributed by atoms with Gasteiger partial charge in [0.05, 0.1) is 4.47 Å². The molecule has 3 aromatic rings. The molecule has 5 nitrogen and oxygen atoms in total. The minimum Gasteiger partial charge on any atom is -0.488 e. The van der Waals surface area contributed by atoms with Crippen molar-refractivity contribution in [2.75, 3.05) is 5.32 Å². The number of rotatable bonds is 6. The normalized spacial score (nSPS) is 10.4. The van der Waals surface area contributed by atoms with Crippen LogP contribution in [0.5, 0.6) is 5.75 Å². The van der Waals surface area contributed by atoms with Crippen LogP contribution in [0.1, 0.15) is 11.1 Å². The Morgan fingerprint density at radius 2 is 1.95 bits per heavy atom. The van der Waals surface area contributed by atoms with Gasteiger partial charge in [0, 0.05) is 6.54 Å². The first-order valence-corrected chi connectivity index (χ1v) is 7.65. The van der Waals surface area contributed by atoms with Crippen LogP contribution >= 0.6 is 15.9 Å². The quantitative estimate of drug-likeness (QED) is 0.704. The van der Waals surface area contributed by atoms with E-state index in [2.05, 4.69) is 36.4 Å². The number of H-pyrrole nitrogens is 1. The second kappa shape index (κ2) is 7.09. The molecule has 112 valence electrons. The van der Waals surface area contributed by atoms with E-state index in [0.717, 1.165) is 21.3 Å². The van der Waals surface area contributed by atoms with Gasteiger partial charge in [-0.3, -0.25) is 0 Å². The summed E-state index contributed by atoms with van der Waals surface area (Å²) >= 11 is 3.55. The Morgan fingerprint density at radius 1 is 1.09 bits per heavy atom. The molecule has 0 aliphatic carbocycles. The molecular weight excluding hydrogens is 344 g/mol. The van der Waals surface area contributed by atoms with E-state index >= 15 is 0 Å². The highest BCUT2D eigenvalue weighted by Gasteiger charge is 2.04. The maximum atomic E-state index is 5.83. The predicted molar refractivity (Wildman–Crippen MR) is 88.6 cm³/mol. The Labute approximate surface area is 136 Å². The summed E-state index contributed by atoms with van der Waals surface area (Å²) in [5.74, 6) is 1.48. The number of halogens is 1. The molecule has 0 unspecified atom stereocenters. The molecule has 3 rings (SSSR count). The highest BCUT2D eigenvalue weighted by Crippen LogP contribution is 2.27. The molecule has 0 amide bonds. The average Bonchev–Trinajstić information content (AvgIpc) is 3.06. The Bertz CT molecular complexity index is 716. The fourth-order valence-corrected chi connectivity index (χ4v) is 2.52. The third-order valence-corrected chi connectivity index (χ3v) is 3.73. The molecule has 0 atom stereocenters. The van der Waals surface area contributed by atoms with Gasteiger partial charge in [-0.1, -0.05) is 36.4 Å². The highest BCUT2D eigenvalue weighted by atomic mass is 79.9. The fourth-order valence-electron chi connectivity index (χ4n) is 1.98. The Morgan fingerprint density at radius 3 is 2.68 bits per heavy atom. The van der Waals surface area contributed by atoms with E-state index in [4.69, 9.17) is 4.74 Å². The topological polar surface area (TPSA) is 62.8 Å². The summed E-state index contributed by atoms with van der Waals surface area (Å²) < 4.78 is 6.76.